The summed E-state index contributed by atoms with van der Waals surface area (Å²) < 4.78 is 31.4. The first-order valence-corrected chi connectivity index (χ1v) is 10.6. The minimum Gasteiger partial charge on any atom is -0.493 e. The summed E-state index contributed by atoms with van der Waals surface area (Å²) in [5.41, 5.74) is 2.49. The third-order valence-electron chi connectivity index (χ3n) is 4.40. The molecule has 0 saturated carbocycles. The first-order valence-electron chi connectivity index (χ1n) is 10.6. The topological polar surface area (TPSA) is 55.4 Å². The lowest BCUT2D eigenvalue weighted by molar-refractivity contribution is 0.0180. The van der Waals surface area contributed by atoms with Crippen molar-refractivity contribution in [3.8, 4) is 17.2 Å². The Hall–Kier alpha value is -2.28. The zero-order valence-electron chi connectivity index (χ0n) is 19.8. The van der Waals surface area contributed by atoms with Gasteiger partial charge in [-0.2, -0.15) is 0 Å². The Kier molecular flexibility index (Phi) is 14.2. The normalized spacial score (nSPS) is 10.4. The van der Waals surface area contributed by atoms with E-state index in [-0.39, 0.29) is 0 Å². The molecule has 2 aromatic rings. The maximum absolute atomic E-state index is 5.52. The summed E-state index contributed by atoms with van der Waals surface area (Å²) in [7, 11) is 4.96. The highest BCUT2D eigenvalue weighted by Crippen LogP contribution is 2.30. The van der Waals surface area contributed by atoms with E-state index < -0.39 is 0 Å². The van der Waals surface area contributed by atoms with Crippen LogP contribution in [0.25, 0.3) is 0 Å². The quantitative estimate of drug-likeness (QED) is 0.419. The Morgan fingerprint density at radius 2 is 1.26 bits per heavy atom. The molecule has 0 aliphatic heterocycles. The van der Waals surface area contributed by atoms with Crippen LogP contribution in [0.1, 0.15) is 30.9 Å². The number of hydrogen-bond donors (Lipinski definition) is 0. The molecule has 6 nitrogen and oxygen atoms in total. The second kappa shape index (κ2) is 16.4. The summed E-state index contributed by atoms with van der Waals surface area (Å²) in [6, 6.07) is 14.0. The molecule has 0 spiro atoms. The predicted octanol–water partition coefficient (Wildman–Crippen LogP) is 4.88. The van der Waals surface area contributed by atoms with Crippen molar-refractivity contribution < 1.29 is 28.4 Å². The summed E-state index contributed by atoms with van der Waals surface area (Å²) in [6.07, 6.45) is 0. The number of ether oxygens (including phenoxy) is 6. The van der Waals surface area contributed by atoms with Gasteiger partial charge in [0.2, 0.25) is 0 Å². The Labute approximate surface area is 187 Å². The first kappa shape index (κ1) is 26.8. The summed E-state index contributed by atoms with van der Waals surface area (Å²) in [5, 5.41) is 0. The number of benzene rings is 2. The van der Waals surface area contributed by atoms with Crippen LogP contribution in [0, 0.1) is 6.92 Å². The highest BCUT2D eigenvalue weighted by Gasteiger charge is 2.06. The molecule has 0 unspecified atom stereocenters. The van der Waals surface area contributed by atoms with Crippen molar-refractivity contribution in [3.05, 3.63) is 53.6 Å². The SMILES string of the molecule is COCCOCCOCCOc1ccc(C)cc1.COc1ccc(C(C)C)cc1OC. The highest BCUT2D eigenvalue weighted by atomic mass is 16.6. The van der Waals surface area contributed by atoms with E-state index in [9.17, 15) is 0 Å². The molecule has 0 bridgehead atoms. The van der Waals surface area contributed by atoms with E-state index in [1.54, 1.807) is 21.3 Å². The van der Waals surface area contributed by atoms with Gasteiger partial charge in [0.05, 0.1) is 47.3 Å². The number of hydrogen-bond acceptors (Lipinski definition) is 6. The number of rotatable bonds is 13. The van der Waals surface area contributed by atoms with Gasteiger partial charge in [-0.05, 0) is 42.7 Å². The molecule has 0 aromatic heterocycles. The van der Waals surface area contributed by atoms with Gasteiger partial charge in [0.1, 0.15) is 12.4 Å². The molecule has 174 valence electrons. The summed E-state index contributed by atoms with van der Waals surface area (Å²) >= 11 is 0. The van der Waals surface area contributed by atoms with Gasteiger partial charge in [-0.1, -0.05) is 37.6 Å². The van der Waals surface area contributed by atoms with Crippen LogP contribution in [0.3, 0.4) is 0 Å². The van der Waals surface area contributed by atoms with Crippen molar-refractivity contribution in [1.82, 2.24) is 0 Å². The van der Waals surface area contributed by atoms with Crippen LogP contribution in [-0.4, -0.2) is 61.0 Å². The molecule has 0 radical (unpaired) electrons. The lowest BCUT2D eigenvalue weighted by atomic mass is 10.0. The minimum atomic E-state index is 0.514. The van der Waals surface area contributed by atoms with Crippen molar-refractivity contribution in [2.24, 2.45) is 0 Å². The van der Waals surface area contributed by atoms with Gasteiger partial charge in [-0.3, -0.25) is 0 Å². The lowest BCUT2D eigenvalue weighted by Crippen LogP contribution is -2.12. The molecular weight excluding hydrogens is 396 g/mol. The van der Waals surface area contributed by atoms with Crippen LogP contribution in [0.15, 0.2) is 42.5 Å². The van der Waals surface area contributed by atoms with Crippen LogP contribution < -0.4 is 14.2 Å². The average Bonchev–Trinajstić information content (AvgIpc) is 2.79. The van der Waals surface area contributed by atoms with E-state index in [1.807, 2.05) is 36.4 Å². The molecule has 0 amide bonds. The third-order valence-corrected chi connectivity index (χ3v) is 4.40. The molecule has 2 aromatic carbocycles. The molecular formula is C25H38O6. The lowest BCUT2D eigenvalue weighted by Gasteiger charge is -2.11. The molecule has 0 heterocycles. The van der Waals surface area contributed by atoms with Crippen molar-refractivity contribution >= 4 is 0 Å². The molecule has 0 aliphatic rings. The van der Waals surface area contributed by atoms with E-state index in [0.29, 0.717) is 45.6 Å². The molecule has 6 heteroatoms. The Morgan fingerprint density at radius 3 is 1.81 bits per heavy atom. The average molecular weight is 435 g/mol. The minimum absolute atomic E-state index is 0.514. The van der Waals surface area contributed by atoms with Gasteiger partial charge >= 0.3 is 0 Å². The van der Waals surface area contributed by atoms with Crippen molar-refractivity contribution in [2.75, 3.05) is 61.0 Å². The van der Waals surface area contributed by atoms with Crippen LogP contribution in [0.5, 0.6) is 17.2 Å². The Balaban J connectivity index is 0.000000327. The summed E-state index contributed by atoms with van der Waals surface area (Å²) in [5.74, 6) is 2.97. The molecule has 0 aliphatic carbocycles. The van der Waals surface area contributed by atoms with Crippen LogP contribution >= 0.6 is 0 Å². The second-order valence-electron chi connectivity index (χ2n) is 7.15. The monoisotopic (exact) mass is 434 g/mol. The van der Waals surface area contributed by atoms with Gasteiger partial charge in [0, 0.05) is 7.11 Å². The Morgan fingerprint density at radius 1 is 0.677 bits per heavy atom. The molecule has 0 N–H and O–H groups in total. The maximum atomic E-state index is 5.52. The van der Waals surface area contributed by atoms with Crippen molar-refractivity contribution in [1.29, 1.82) is 0 Å². The van der Waals surface area contributed by atoms with Gasteiger partial charge in [0.25, 0.3) is 0 Å². The first-order chi connectivity index (χ1) is 15.0. The zero-order chi connectivity index (χ0) is 22.9. The summed E-state index contributed by atoms with van der Waals surface area (Å²) in [4.78, 5) is 0. The van der Waals surface area contributed by atoms with Crippen LogP contribution in [-0.2, 0) is 14.2 Å². The molecule has 0 fully saturated rings. The van der Waals surface area contributed by atoms with Crippen molar-refractivity contribution in [2.45, 2.75) is 26.7 Å². The smallest absolute Gasteiger partial charge is 0.160 e. The fourth-order valence-corrected chi connectivity index (χ4v) is 2.53. The molecule has 31 heavy (non-hydrogen) atoms. The number of methoxy groups -OCH3 is 3. The molecule has 0 atom stereocenters. The zero-order valence-corrected chi connectivity index (χ0v) is 19.8. The van der Waals surface area contributed by atoms with Crippen LogP contribution in [0.4, 0.5) is 0 Å². The van der Waals surface area contributed by atoms with Crippen LogP contribution in [0.2, 0.25) is 0 Å². The van der Waals surface area contributed by atoms with Gasteiger partial charge in [-0.25, -0.2) is 0 Å². The van der Waals surface area contributed by atoms with E-state index in [1.165, 1.54) is 11.1 Å². The third kappa shape index (κ3) is 11.6. The largest absolute Gasteiger partial charge is 0.493 e. The van der Waals surface area contributed by atoms with E-state index in [2.05, 4.69) is 26.8 Å². The number of aryl methyl sites for hydroxylation is 1. The van der Waals surface area contributed by atoms with Gasteiger partial charge < -0.3 is 28.4 Å². The Bertz CT molecular complexity index is 700. The highest BCUT2D eigenvalue weighted by molar-refractivity contribution is 5.43. The fourth-order valence-electron chi connectivity index (χ4n) is 2.53. The second-order valence-corrected chi connectivity index (χ2v) is 7.15. The standard InChI is InChI=1S/C14H22O4.C11H16O2/c1-13-3-5-14(6-4-13)18-12-11-17-10-9-16-8-7-15-2;1-8(2)9-5-6-10(12-3)11(7-9)13-4/h3-6H,7-12H2,1-2H3;5-8H,1-4H3. The molecule has 0 saturated heterocycles. The van der Waals surface area contributed by atoms with E-state index in [4.69, 9.17) is 28.4 Å². The predicted molar refractivity (Wildman–Crippen MR) is 124 cm³/mol. The van der Waals surface area contributed by atoms with Crippen molar-refractivity contribution in [3.63, 3.8) is 0 Å². The maximum Gasteiger partial charge on any atom is 0.160 e. The van der Waals surface area contributed by atoms with E-state index in [0.717, 1.165) is 17.2 Å². The van der Waals surface area contributed by atoms with Gasteiger partial charge in [0.15, 0.2) is 11.5 Å². The summed E-state index contributed by atoms with van der Waals surface area (Å²) in [6.45, 7) is 9.90. The fraction of sp³-hybridized carbons (Fsp3) is 0.520. The van der Waals surface area contributed by atoms with Gasteiger partial charge in [-0.15, -0.1) is 0 Å². The van der Waals surface area contributed by atoms with E-state index >= 15 is 0 Å². The molecule has 2 rings (SSSR count).